The van der Waals surface area contributed by atoms with Gasteiger partial charge in [0.2, 0.25) is 5.88 Å². The number of likely N-dealkylation sites (N-methyl/N-ethyl adjacent to an activating group) is 1. The van der Waals surface area contributed by atoms with E-state index in [-0.39, 0.29) is 0 Å². The second kappa shape index (κ2) is 5.91. The van der Waals surface area contributed by atoms with Crippen molar-refractivity contribution in [3.8, 4) is 5.88 Å². The molecule has 2 rings (SSSR count). The zero-order chi connectivity index (χ0) is 13.0. The molecule has 1 aliphatic heterocycles. The van der Waals surface area contributed by atoms with E-state index >= 15 is 0 Å². The highest BCUT2D eigenvalue weighted by molar-refractivity contribution is 5.53. The predicted octanol–water partition coefficient (Wildman–Crippen LogP) is 1.57. The van der Waals surface area contributed by atoms with Crippen LogP contribution in [0.1, 0.15) is 19.8 Å². The molecule has 0 aromatic carbocycles. The summed E-state index contributed by atoms with van der Waals surface area (Å²) in [4.78, 5) is 6.81. The third-order valence-electron chi connectivity index (χ3n) is 3.39. The largest absolute Gasteiger partial charge is 0.479 e. The molecule has 1 aromatic rings. The molecule has 1 atom stereocenters. The van der Waals surface area contributed by atoms with Crippen LogP contribution >= 0.6 is 0 Å². The number of likely N-dealkylation sites (tertiary alicyclic amines) is 1. The van der Waals surface area contributed by atoms with Gasteiger partial charge in [0, 0.05) is 12.6 Å². The summed E-state index contributed by atoms with van der Waals surface area (Å²) >= 11 is 0. The Morgan fingerprint density at radius 2 is 2.39 bits per heavy atom. The van der Waals surface area contributed by atoms with E-state index in [1.165, 1.54) is 19.4 Å². The van der Waals surface area contributed by atoms with Crippen LogP contribution in [0.25, 0.3) is 0 Å². The maximum absolute atomic E-state index is 5.75. The number of nitrogens with one attached hydrogen (secondary N) is 1. The fraction of sp³-hybridized carbons (Fsp3) is 0.615. The van der Waals surface area contributed by atoms with Crippen LogP contribution in [0.4, 0.5) is 11.5 Å². The molecule has 0 aliphatic carbocycles. The minimum Gasteiger partial charge on any atom is -0.479 e. The first-order chi connectivity index (χ1) is 8.72. The Morgan fingerprint density at radius 3 is 3.11 bits per heavy atom. The number of anilines is 2. The molecule has 1 unspecified atom stereocenters. The molecule has 18 heavy (non-hydrogen) atoms. The summed E-state index contributed by atoms with van der Waals surface area (Å²) in [5.74, 6) is 1.33. The lowest BCUT2D eigenvalue weighted by Crippen LogP contribution is -2.41. The molecule has 1 aromatic heterocycles. The Kier molecular flexibility index (Phi) is 4.25. The Balaban J connectivity index is 2.00. The van der Waals surface area contributed by atoms with Crippen LogP contribution in [0.5, 0.6) is 5.88 Å². The van der Waals surface area contributed by atoms with E-state index in [0.29, 0.717) is 17.6 Å². The standard InChI is InChI=1S/C13H22N4O/c1-3-17-8-4-5-10(9-17)15-12-7-6-11(14)13(16-12)18-2/h6-7,10H,3-5,8-9,14H2,1-2H3,(H,15,16). The van der Waals surface area contributed by atoms with Gasteiger partial charge in [-0.3, -0.25) is 0 Å². The van der Waals surface area contributed by atoms with E-state index < -0.39 is 0 Å². The van der Waals surface area contributed by atoms with Crippen LogP contribution in [0.15, 0.2) is 12.1 Å². The van der Waals surface area contributed by atoms with Gasteiger partial charge in [-0.25, -0.2) is 0 Å². The molecule has 1 saturated heterocycles. The van der Waals surface area contributed by atoms with Crippen LogP contribution in [0, 0.1) is 0 Å². The molecule has 0 spiro atoms. The quantitative estimate of drug-likeness (QED) is 0.849. The van der Waals surface area contributed by atoms with Crippen molar-refractivity contribution in [2.75, 3.05) is 37.8 Å². The fourth-order valence-electron chi connectivity index (χ4n) is 2.36. The number of nitrogens with two attached hydrogens (primary N) is 1. The Hall–Kier alpha value is -1.49. The van der Waals surface area contributed by atoms with Gasteiger partial charge in [-0.15, -0.1) is 0 Å². The number of hydrogen-bond donors (Lipinski definition) is 2. The topological polar surface area (TPSA) is 63.4 Å². The average Bonchev–Trinajstić information content (AvgIpc) is 2.41. The van der Waals surface area contributed by atoms with Gasteiger partial charge in [0.15, 0.2) is 0 Å². The lowest BCUT2D eigenvalue weighted by atomic mass is 10.1. The van der Waals surface area contributed by atoms with Crippen molar-refractivity contribution < 1.29 is 4.74 Å². The van der Waals surface area contributed by atoms with E-state index in [1.807, 2.05) is 12.1 Å². The van der Waals surface area contributed by atoms with Gasteiger partial charge in [-0.1, -0.05) is 6.92 Å². The van der Waals surface area contributed by atoms with Crippen LogP contribution in [-0.4, -0.2) is 42.7 Å². The highest BCUT2D eigenvalue weighted by atomic mass is 16.5. The molecule has 0 amide bonds. The van der Waals surface area contributed by atoms with Gasteiger partial charge < -0.3 is 20.7 Å². The summed E-state index contributed by atoms with van der Waals surface area (Å²) in [6.45, 7) is 5.58. The van der Waals surface area contributed by atoms with Crippen molar-refractivity contribution in [1.82, 2.24) is 9.88 Å². The molecule has 3 N–H and O–H groups in total. The molecule has 2 heterocycles. The highest BCUT2D eigenvalue weighted by Gasteiger charge is 2.18. The summed E-state index contributed by atoms with van der Waals surface area (Å²) in [5, 5.41) is 3.46. The molecule has 100 valence electrons. The molecule has 0 saturated carbocycles. The maximum atomic E-state index is 5.75. The summed E-state index contributed by atoms with van der Waals surface area (Å²) in [6, 6.07) is 4.19. The second-order valence-electron chi connectivity index (χ2n) is 4.67. The van der Waals surface area contributed by atoms with E-state index in [2.05, 4.69) is 22.1 Å². The Bertz CT molecular complexity index is 397. The molecular weight excluding hydrogens is 228 g/mol. The van der Waals surface area contributed by atoms with Crippen LogP contribution in [0.3, 0.4) is 0 Å². The number of aromatic nitrogens is 1. The first-order valence-corrected chi connectivity index (χ1v) is 6.52. The van der Waals surface area contributed by atoms with E-state index in [9.17, 15) is 0 Å². The third-order valence-corrected chi connectivity index (χ3v) is 3.39. The third kappa shape index (κ3) is 3.04. The smallest absolute Gasteiger partial charge is 0.238 e. The molecular formula is C13H22N4O. The monoisotopic (exact) mass is 250 g/mol. The van der Waals surface area contributed by atoms with Crippen molar-refractivity contribution >= 4 is 11.5 Å². The van der Waals surface area contributed by atoms with Gasteiger partial charge in [-0.05, 0) is 38.1 Å². The van der Waals surface area contributed by atoms with Gasteiger partial charge in [0.1, 0.15) is 5.82 Å². The van der Waals surface area contributed by atoms with Crippen LogP contribution in [0.2, 0.25) is 0 Å². The number of pyridine rings is 1. The second-order valence-corrected chi connectivity index (χ2v) is 4.67. The van der Waals surface area contributed by atoms with Crippen molar-refractivity contribution in [3.05, 3.63) is 12.1 Å². The number of rotatable bonds is 4. The van der Waals surface area contributed by atoms with E-state index in [0.717, 1.165) is 18.9 Å². The Labute approximate surface area is 108 Å². The van der Waals surface area contributed by atoms with E-state index in [1.54, 1.807) is 7.11 Å². The first-order valence-electron chi connectivity index (χ1n) is 6.52. The molecule has 1 aliphatic rings. The van der Waals surface area contributed by atoms with Crippen molar-refractivity contribution in [2.24, 2.45) is 0 Å². The minimum absolute atomic E-state index is 0.458. The average molecular weight is 250 g/mol. The van der Waals surface area contributed by atoms with Crippen molar-refractivity contribution in [1.29, 1.82) is 0 Å². The number of methoxy groups -OCH3 is 1. The zero-order valence-corrected chi connectivity index (χ0v) is 11.1. The number of nitrogen functional groups attached to an aromatic ring is 1. The summed E-state index contributed by atoms with van der Waals surface area (Å²) < 4.78 is 5.13. The zero-order valence-electron chi connectivity index (χ0n) is 11.1. The summed E-state index contributed by atoms with van der Waals surface area (Å²) in [7, 11) is 1.59. The van der Waals surface area contributed by atoms with Crippen LogP contribution < -0.4 is 15.8 Å². The van der Waals surface area contributed by atoms with E-state index in [4.69, 9.17) is 10.5 Å². The SMILES string of the molecule is CCN1CCCC(Nc2ccc(N)c(OC)n2)C1. The Morgan fingerprint density at radius 1 is 1.56 bits per heavy atom. The summed E-state index contributed by atoms with van der Waals surface area (Å²) in [6.07, 6.45) is 2.42. The predicted molar refractivity (Wildman–Crippen MR) is 74.0 cm³/mol. The minimum atomic E-state index is 0.458. The molecule has 5 nitrogen and oxygen atoms in total. The maximum Gasteiger partial charge on any atom is 0.238 e. The lowest BCUT2D eigenvalue weighted by Gasteiger charge is -2.32. The number of hydrogen-bond acceptors (Lipinski definition) is 5. The number of piperidine rings is 1. The van der Waals surface area contributed by atoms with Crippen LogP contribution in [-0.2, 0) is 0 Å². The summed E-state index contributed by atoms with van der Waals surface area (Å²) in [5.41, 5.74) is 6.32. The molecule has 5 heteroatoms. The highest BCUT2D eigenvalue weighted by Crippen LogP contribution is 2.22. The molecule has 0 bridgehead atoms. The van der Waals surface area contributed by atoms with Gasteiger partial charge in [-0.2, -0.15) is 4.98 Å². The van der Waals surface area contributed by atoms with Crippen molar-refractivity contribution in [3.63, 3.8) is 0 Å². The number of nitrogens with zero attached hydrogens (tertiary/aromatic N) is 2. The molecule has 1 fully saturated rings. The number of ether oxygens (including phenoxy) is 1. The normalized spacial score (nSPS) is 20.7. The van der Waals surface area contributed by atoms with Gasteiger partial charge in [0.05, 0.1) is 12.8 Å². The molecule has 0 radical (unpaired) electrons. The lowest BCUT2D eigenvalue weighted by molar-refractivity contribution is 0.226. The fourth-order valence-corrected chi connectivity index (χ4v) is 2.36. The van der Waals surface area contributed by atoms with Crippen molar-refractivity contribution in [2.45, 2.75) is 25.8 Å². The van der Waals surface area contributed by atoms with Gasteiger partial charge in [0.25, 0.3) is 0 Å². The first kappa shape index (κ1) is 13.0. The van der Waals surface area contributed by atoms with Gasteiger partial charge >= 0.3 is 0 Å².